The topological polar surface area (TPSA) is 81.6 Å². The van der Waals surface area contributed by atoms with E-state index in [-0.39, 0.29) is 0 Å². The van der Waals surface area contributed by atoms with Gasteiger partial charge in [-0.25, -0.2) is 15.0 Å². The molecular formula is C12H18N6. The molecule has 0 atom stereocenters. The van der Waals surface area contributed by atoms with E-state index < -0.39 is 0 Å². The first kappa shape index (κ1) is 12.3. The predicted octanol–water partition coefficient (Wildman–Crippen LogP) is 1.49. The Labute approximate surface area is 106 Å². The number of hydrogen-bond acceptors (Lipinski definition) is 5. The third kappa shape index (κ3) is 2.77. The molecule has 6 nitrogen and oxygen atoms in total. The molecule has 96 valence electrons. The first-order valence-corrected chi connectivity index (χ1v) is 5.98. The quantitative estimate of drug-likeness (QED) is 0.835. The number of anilines is 2. The fourth-order valence-corrected chi connectivity index (χ4v) is 1.84. The number of nitrogens with two attached hydrogens (primary N) is 1. The number of nitrogens with one attached hydrogen (secondary N) is 1. The first-order valence-electron chi connectivity index (χ1n) is 5.98. The van der Waals surface area contributed by atoms with Crippen LogP contribution in [0.1, 0.15) is 25.3 Å². The van der Waals surface area contributed by atoms with Gasteiger partial charge in [0, 0.05) is 31.0 Å². The Hall–Kier alpha value is -2.11. The molecule has 0 bridgehead atoms. The number of hydrogen-bond donors (Lipinski definition) is 2. The van der Waals surface area contributed by atoms with Gasteiger partial charge in [0.1, 0.15) is 18.0 Å². The molecule has 18 heavy (non-hydrogen) atoms. The van der Waals surface area contributed by atoms with E-state index in [9.17, 15) is 0 Å². The summed E-state index contributed by atoms with van der Waals surface area (Å²) in [6, 6.07) is 0. The van der Waals surface area contributed by atoms with E-state index in [2.05, 4.69) is 34.1 Å². The molecule has 0 saturated heterocycles. The summed E-state index contributed by atoms with van der Waals surface area (Å²) in [5, 5.41) is 3.29. The second kappa shape index (κ2) is 5.48. The van der Waals surface area contributed by atoms with Crippen LogP contribution in [0.15, 0.2) is 25.0 Å². The van der Waals surface area contributed by atoms with Crippen molar-refractivity contribution in [2.75, 3.05) is 17.6 Å². The van der Waals surface area contributed by atoms with Gasteiger partial charge in [0.05, 0.1) is 6.33 Å². The molecule has 2 heterocycles. The predicted molar refractivity (Wildman–Crippen MR) is 71.3 cm³/mol. The summed E-state index contributed by atoms with van der Waals surface area (Å²) in [5.41, 5.74) is 6.86. The average Bonchev–Trinajstić information content (AvgIpc) is 2.81. The van der Waals surface area contributed by atoms with Crippen molar-refractivity contribution in [3.63, 3.8) is 0 Å². The zero-order valence-electron chi connectivity index (χ0n) is 10.7. The SMILES string of the molecule is CC(C)c1c(N)ncnc1NCCn1ccnc1. The van der Waals surface area contributed by atoms with Gasteiger partial charge in [-0.2, -0.15) is 0 Å². The molecule has 0 saturated carbocycles. The Bertz CT molecular complexity index is 491. The lowest BCUT2D eigenvalue weighted by atomic mass is 10.0. The van der Waals surface area contributed by atoms with E-state index in [1.54, 1.807) is 12.5 Å². The smallest absolute Gasteiger partial charge is 0.135 e. The van der Waals surface area contributed by atoms with Gasteiger partial charge in [-0.1, -0.05) is 13.8 Å². The third-order valence-corrected chi connectivity index (χ3v) is 2.71. The molecule has 0 amide bonds. The van der Waals surface area contributed by atoms with Crippen molar-refractivity contribution < 1.29 is 0 Å². The van der Waals surface area contributed by atoms with Gasteiger partial charge in [0.25, 0.3) is 0 Å². The molecule has 6 heteroatoms. The number of nitrogen functional groups attached to an aromatic ring is 1. The van der Waals surface area contributed by atoms with Gasteiger partial charge in [-0.05, 0) is 5.92 Å². The van der Waals surface area contributed by atoms with Crippen LogP contribution < -0.4 is 11.1 Å². The highest BCUT2D eigenvalue weighted by atomic mass is 15.1. The Kier molecular flexibility index (Phi) is 3.76. The number of aromatic nitrogens is 4. The molecule has 2 aromatic heterocycles. The van der Waals surface area contributed by atoms with Crippen LogP contribution >= 0.6 is 0 Å². The zero-order chi connectivity index (χ0) is 13.0. The van der Waals surface area contributed by atoms with E-state index in [0.717, 1.165) is 24.5 Å². The summed E-state index contributed by atoms with van der Waals surface area (Å²) in [6.45, 7) is 5.76. The van der Waals surface area contributed by atoms with Gasteiger partial charge in [0.15, 0.2) is 0 Å². The average molecular weight is 246 g/mol. The standard InChI is InChI=1S/C12H18N6/c1-9(2)10-11(13)16-7-17-12(10)15-4-6-18-5-3-14-8-18/h3,5,7-9H,4,6H2,1-2H3,(H3,13,15,16,17). The summed E-state index contributed by atoms with van der Waals surface area (Å²) >= 11 is 0. The first-order chi connectivity index (χ1) is 8.68. The largest absolute Gasteiger partial charge is 0.383 e. The van der Waals surface area contributed by atoms with Gasteiger partial charge in [0.2, 0.25) is 0 Å². The van der Waals surface area contributed by atoms with E-state index >= 15 is 0 Å². The number of imidazole rings is 1. The van der Waals surface area contributed by atoms with Crippen molar-refractivity contribution in [1.82, 2.24) is 19.5 Å². The van der Waals surface area contributed by atoms with Crippen molar-refractivity contribution >= 4 is 11.6 Å². The summed E-state index contributed by atoms with van der Waals surface area (Å²) in [7, 11) is 0. The Morgan fingerprint density at radius 3 is 2.89 bits per heavy atom. The molecule has 0 spiro atoms. The molecule has 0 aliphatic rings. The lowest BCUT2D eigenvalue weighted by molar-refractivity contribution is 0.722. The fourth-order valence-electron chi connectivity index (χ4n) is 1.84. The highest BCUT2D eigenvalue weighted by molar-refractivity contribution is 5.56. The van der Waals surface area contributed by atoms with Gasteiger partial charge in [-0.3, -0.25) is 0 Å². The molecule has 0 unspecified atom stereocenters. The van der Waals surface area contributed by atoms with Crippen LogP contribution in [0, 0.1) is 0 Å². The summed E-state index contributed by atoms with van der Waals surface area (Å²) in [4.78, 5) is 12.3. The second-order valence-corrected chi connectivity index (χ2v) is 4.40. The normalized spacial score (nSPS) is 10.8. The Morgan fingerprint density at radius 1 is 1.39 bits per heavy atom. The molecule has 0 aromatic carbocycles. The highest BCUT2D eigenvalue weighted by Crippen LogP contribution is 2.25. The van der Waals surface area contributed by atoms with Crippen LogP contribution in [-0.2, 0) is 6.54 Å². The van der Waals surface area contributed by atoms with Crippen molar-refractivity contribution in [3.05, 3.63) is 30.6 Å². The lowest BCUT2D eigenvalue weighted by Gasteiger charge is -2.14. The van der Waals surface area contributed by atoms with Gasteiger partial charge < -0.3 is 15.6 Å². The fraction of sp³-hybridized carbons (Fsp3) is 0.417. The molecule has 2 rings (SSSR count). The molecule has 3 N–H and O–H groups in total. The van der Waals surface area contributed by atoms with Crippen LogP contribution in [0.3, 0.4) is 0 Å². The summed E-state index contributed by atoms with van der Waals surface area (Å²) in [5.74, 6) is 1.66. The van der Waals surface area contributed by atoms with Crippen LogP contribution in [-0.4, -0.2) is 26.1 Å². The number of rotatable bonds is 5. The van der Waals surface area contributed by atoms with Gasteiger partial charge >= 0.3 is 0 Å². The monoisotopic (exact) mass is 246 g/mol. The van der Waals surface area contributed by atoms with E-state index in [1.807, 2.05) is 10.8 Å². The van der Waals surface area contributed by atoms with E-state index in [1.165, 1.54) is 6.33 Å². The number of nitrogens with zero attached hydrogens (tertiary/aromatic N) is 4. The van der Waals surface area contributed by atoms with E-state index in [4.69, 9.17) is 5.73 Å². The zero-order valence-corrected chi connectivity index (χ0v) is 10.7. The van der Waals surface area contributed by atoms with Crippen LogP contribution in [0.2, 0.25) is 0 Å². The van der Waals surface area contributed by atoms with Crippen LogP contribution in [0.5, 0.6) is 0 Å². The maximum atomic E-state index is 5.88. The minimum Gasteiger partial charge on any atom is -0.383 e. The summed E-state index contributed by atoms with van der Waals surface area (Å²) < 4.78 is 2.01. The lowest BCUT2D eigenvalue weighted by Crippen LogP contribution is -2.14. The molecule has 0 radical (unpaired) electrons. The van der Waals surface area contributed by atoms with Gasteiger partial charge in [-0.15, -0.1) is 0 Å². The molecule has 0 fully saturated rings. The minimum absolute atomic E-state index is 0.293. The van der Waals surface area contributed by atoms with Crippen molar-refractivity contribution in [1.29, 1.82) is 0 Å². The Balaban J connectivity index is 2.03. The Morgan fingerprint density at radius 2 is 2.22 bits per heavy atom. The van der Waals surface area contributed by atoms with Crippen molar-refractivity contribution in [2.24, 2.45) is 0 Å². The minimum atomic E-state index is 0.293. The summed E-state index contributed by atoms with van der Waals surface area (Å²) in [6.07, 6.45) is 6.97. The third-order valence-electron chi connectivity index (χ3n) is 2.71. The van der Waals surface area contributed by atoms with Crippen molar-refractivity contribution in [2.45, 2.75) is 26.3 Å². The molecule has 0 aliphatic carbocycles. The molecule has 0 aliphatic heterocycles. The highest BCUT2D eigenvalue weighted by Gasteiger charge is 2.12. The van der Waals surface area contributed by atoms with Crippen LogP contribution in [0.25, 0.3) is 0 Å². The molecular weight excluding hydrogens is 228 g/mol. The molecule has 2 aromatic rings. The maximum absolute atomic E-state index is 5.88. The second-order valence-electron chi connectivity index (χ2n) is 4.40. The van der Waals surface area contributed by atoms with E-state index in [0.29, 0.717) is 11.7 Å². The van der Waals surface area contributed by atoms with Crippen LogP contribution in [0.4, 0.5) is 11.6 Å². The van der Waals surface area contributed by atoms with Crippen molar-refractivity contribution in [3.8, 4) is 0 Å². The maximum Gasteiger partial charge on any atom is 0.135 e.